The molecule has 1 aromatic rings. The first-order chi connectivity index (χ1) is 10.9. The molecule has 2 rings (SSSR count). The third-order valence-electron chi connectivity index (χ3n) is 3.58. The van der Waals surface area contributed by atoms with E-state index < -0.39 is 9.84 Å². The highest BCUT2D eigenvalue weighted by Gasteiger charge is 2.28. The molecule has 0 aliphatic carbocycles. The third kappa shape index (κ3) is 5.66. The zero-order valence-electron chi connectivity index (χ0n) is 13.0. The van der Waals surface area contributed by atoms with E-state index in [4.69, 9.17) is 11.6 Å². The van der Waals surface area contributed by atoms with E-state index in [0.29, 0.717) is 36.9 Å². The minimum absolute atomic E-state index is 0.104. The van der Waals surface area contributed by atoms with Gasteiger partial charge in [-0.25, -0.2) is 12.8 Å². The zero-order chi connectivity index (χ0) is 16.9. The van der Waals surface area contributed by atoms with Gasteiger partial charge in [0, 0.05) is 24.2 Å². The molecule has 1 atom stereocenters. The summed E-state index contributed by atoms with van der Waals surface area (Å²) < 4.78 is 36.0. The number of halogens is 2. The van der Waals surface area contributed by atoms with Gasteiger partial charge in [0.25, 0.3) is 0 Å². The molecular formula is C15H21ClFN3O2S. The van der Waals surface area contributed by atoms with E-state index >= 15 is 0 Å². The Morgan fingerprint density at radius 1 is 1.48 bits per heavy atom. The van der Waals surface area contributed by atoms with Crippen molar-refractivity contribution in [3.05, 3.63) is 34.6 Å². The Kier molecular flexibility index (Phi) is 6.24. The first kappa shape index (κ1) is 18.0. The van der Waals surface area contributed by atoms with E-state index in [0.717, 1.165) is 5.56 Å². The Balaban J connectivity index is 1.93. The minimum atomic E-state index is -2.93. The predicted octanol–water partition coefficient (Wildman–Crippen LogP) is 1.76. The number of aliphatic imine (C=N–C) groups is 1. The maximum Gasteiger partial charge on any atom is 0.191 e. The molecule has 0 bridgehead atoms. The lowest BCUT2D eigenvalue weighted by Crippen LogP contribution is -2.44. The van der Waals surface area contributed by atoms with Gasteiger partial charge in [0.2, 0.25) is 0 Å². The SMILES string of the molecule is CCNC(=NCCc1ccc(F)cc1Cl)NC1CCS(=O)(=O)C1. The maximum absolute atomic E-state index is 13.0. The first-order valence-electron chi connectivity index (χ1n) is 7.59. The standard InChI is InChI=1S/C15H21ClFN3O2S/c1-2-18-15(20-13-6-8-23(21,22)10-13)19-7-5-11-3-4-12(17)9-14(11)16/h3-4,9,13H,2,5-8,10H2,1H3,(H2,18,19,20). The number of benzene rings is 1. The molecule has 5 nitrogen and oxygen atoms in total. The van der Waals surface area contributed by atoms with Gasteiger partial charge in [-0.15, -0.1) is 0 Å². The van der Waals surface area contributed by atoms with Crippen molar-refractivity contribution >= 4 is 27.4 Å². The van der Waals surface area contributed by atoms with Crippen LogP contribution in [0.15, 0.2) is 23.2 Å². The number of hydrogen-bond acceptors (Lipinski definition) is 3. The molecule has 0 spiro atoms. The average Bonchev–Trinajstić information content (AvgIpc) is 2.80. The van der Waals surface area contributed by atoms with E-state index in [9.17, 15) is 12.8 Å². The second-order valence-electron chi connectivity index (χ2n) is 5.49. The number of nitrogens with zero attached hydrogens (tertiary/aromatic N) is 1. The van der Waals surface area contributed by atoms with Crippen LogP contribution in [0.2, 0.25) is 5.02 Å². The van der Waals surface area contributed by atoms with E-state index in [-0.39, 0.29) is 23.4 Å². The Morgan fingerprint density at radius 2 is 2.26 bits per heavy atom. The van der Waals surface area contributed by atoms with Crippen molar-refractivity contribution in [2.45, 2.75) is 25.8 Å². The molecule has 2 N–H and O–H groups in total. The fraction of sp³-hybridized carbons (Fsp3) is 0.533. The highest BCUT2D eigenvalue weighted by molar-refractivity contribution is 7.91. The Bertz CT molecular complexity index is 679. The molecule has 1 aliphatic heterocycles. The Morgan fingerprint density at radius 3 is 2.87 bits per heavy atom. The van der Waals surface area contributed by atoms with Crippen LogP contribution in [0.3, 0.4) is 0 Å². The van der Waals surface area contributed by atoms with Crippen LogP contribution in [-0.4, -0.2) is 45.0 Å². The quantitative estimate of drug-likeness (QED) is 0.619. The van der Waals surface area contributed by atoms with Crippen LogP contribution in [0.1, 0.15) is 18.9 Å². The molecule has 0 aromatic heterocycles. The largest absolute Gasteiger partial charge is 0.357 e. The van der Waals surface area contributed by atoms with Gasteiger partial charge in [0.05, 0.1) is 11.5 Å². The Hall–Kier alpha value is -1.34. The highest BCUT2D eigenvalue weighted by Crippen LogP contribution is 2.17. The smallest absolute Gasteiger partial charge is 0.191 e. The molecule has 128 valence electrons. The fourth-order valence-corrected chi connectivity index (χ4v) is 4.37. The van der Waals surface area contributed by atoms with Crippen LogP contribution < -0.4 is 10.6 Å². The number of nitrogens with one attached hydrogen (secondary N) is 2. The molecule has 1 saturated heterocycles. The molecule has 8 heteroatoms. The number of sulfone groups is 1. The van der Waals surface area contributed by atoms with Crippen LogP contribution in [-0.2, 0) is 16.3 Å². The summed E-state index contributed by atoms with van der Waals surface area (Å²) >= 11 is 5.99. The van der Waals surface area contributed by atoms with Crippen LogP contribution in [0.4, 0.5) is 4.39 Å². The normalized spacial score (nSPS) is 20.5. The van der Waals surface area contributed by atoms with Gasteiger partial charge in [-0.2, -0.15) is 0 Å². The zero-order valence-corrected chi connectivity index (χ0v) is 14.6. The van der Waals surface area contributed by atoms with Crippen molar-refractivity contribution in [1.82, 2.24) is 10.6 Å². The number of hydrogen-bond donors (Lipinski definition) is 2. The van der Waals surface area contributed by atoms with Crippen molar-refractivity contribution < 1.29 is 12.8 Å². The lowest BCUT2D eigenvalue weighted by molar-refractivity contribution is 0.599. The van der Waals surface area contributed by atoms with Crippen LogP contribution in [0, 0.1) is 5.82 Å². The lowest BCUT2D eigenvalue weighted by atomic mass is 10.1. The van der Waals surface area contributed by atoms with E-state index in [1.165, 1.54) is 12.1 Å². The van der Waals surface area contributed by atoms with Crippen molar-refractivity contribution in [2.24, 2.45) is 4.99 Å². The summed E-state index contributed by atoms with van der Waals surface area (Å²) in [5.41, 5.74) is 0.830. The summed E-state index contributed by atoms with van der Waals surface area (Å²) in [4.78, 5) is 4.43. The van der Waals surface area contributed by atoms with Gasteiger partial charge < -0.3 is 10.6 Å². The molecule has 0 saturated carbocycles. The predicted molar refractivity (Wildman–Crippen MR) is 91.3 cm³/mol. The molecule has 23 heavy (non-hydrogen) atoms. The summed E-state index contributed by atoms with van der Waals surface area (Å²) in [6, 6.07) is 4.20. The van der Waals surface area contributed by atoms with Gasteiger partial charge in [-0.3, -0.25) is 4.99 Å². The van der Waals surface area contributed by atoms with Crippen molar-refractivity contribution in [1.29, 1.82) is 0 Å². The summed E-state index contributed by atoms with van der Waals surface area (Å²) in [6.07, 6.45) is 1.18. The molecule has 1 aliphatic rings. The van der Waals surface area contributed by atoms with Gasteiger partial charge >= 0.3 is 0 Å². The average molecular weight is 362 g/mol. The molecule has 1 unspecified atom stereocenters. The van der Waals surface area contributed by atoms with Gasteiger partial charge in [-0.1, -0.05) is 17.7 Å². The van der Waals surface area contributed by atoms with Gasteiger partial charge in [0.15, 0.2) is 15.8 Å². The molecule has 1 aromatic carbocycles. The van der Waals surface area contributed by atoms with Crippen LogP contribution in [0.5, 0.6) is 0 Å². The first-order valence-corrected chi connectivity index (χ1v) is 9.79. The summed E-state index contributed by atoms with van der Waals surface area (Å²) in [5, 5.41) is 6.64. The summed E-state index contributed by atoms with van der Waals surface area (Å²) in [7, 11) is -2.93. The Labute approximate surface area is 141 Å². The van der Waals surface area contributed by atoms with Crippen LogP contribution in [0.25, 0.3) is 0 Å². The summed E-state index contributed by atoms with van der Waals surface area (Å²) in [5.74, 6) is 0.587. The highest BCUT2D eigenvalue weighted by atomic mass is 35.5. The summed E-state index contributed by atoms with van der Waals surface area (Å²) in [6.45, 7) is 3.10. The van der Waals surface area contributed by atoms with Crippen molar-refractivity contribution in [2.75, 3.05) is 24.6 Å². The van der Waals surface area contributed by atoms with E-state index in [1.807, 2.05) is 6.92 Å². The fourth-order valence-electron chi connectivity index (χ4n) is 2.43. The second-order valence-corrected chi connectivity index (χ2v) is 8.13. The van der Waals surface area contributed by atoms with Gasteiger partial charge in [-0.05, 0) is 37.5 Å². The number of guanidine groups is 1. The molecular weight excluding hydrogens is 341 g/mol. The van der Waals surface area contributed by atoms with Crippen LogP contribution >= 0.6 is 11.6 Å². The molecule has 1 fully saturated rings. The maximum atomic E-state index is 13.0. The van der Waals surface area contributed by atoms with E-state index in [2.05, 4.69) is 15.6 Å². The van der Waals surface area contributed by atoms with Crippen molar-refractivity contribution in [3.63, 3.8) is 0 Å². The monoisotopic (exact) mass is 361 g/mol. The topological polar surface area (TPSA) is 70.6 Å². The van der Waals surface area contributed by atoms with E-state index in [1.54, 1.807) is 6.07 Å². The molecule has 1 heterocycles. The molecule has 0 amide bonds. The molecule has 0 radical (unpaired) electrons. The third-order valence-corrected chi connectivity index (χ3v) is 5.70. The number of rotatable bonds is 5. The minimum Gasteiger partial charge on any atom is -0.357 e. The lowest BCUT2D eigenvalue weighted by Gasteiger charge is -2.15. The van der Waals surface area contributed by atoms with Crippen molar-refractivity contribution in [3.8, 4) is 0 Å². The van der Waals surface area contributed by atoms with Gasteiger partial charge in [0.1, 0.15) is 5.82 Å². The second kappa shape index (κ2) is 7.97.